The second kappa shape index (κ2) is 5.82. The third kappa shape index (κ3) is 2.40. The largest absolute Gasteiger partial charge is 0.446 e. The number of hydrogen-bond donors (Lipinski definition) is 0. The lowest BCUT2D eigenvalue weighted by Gasteiger charge is -2.28. The minimum absolute atomic E-state index is 0.639. The van der Waals surface area contributed by atoms with Gasteiger partial charge in [0.05, 0.1) is 18.7 Å². The van der Waals surface area contributed by atoms with Gasteiger partial charge in [0.2, 0.25) is 11.8 Å². The number of rotatable bonds is 2. The molecular weight excluding hydrogens is 386 g/mol. The van der Waals surface area contributed by atoms with Crippen LogP contribution in [0.1, 0.15) is 0 Å². The molecule has 0 radical (unpaired) electrons. The summed E-state index contributed by atoms with van der Waals surface area (Å²) in [7, 11) is 0. The molecule has 25 heavy (non-hydrogen) atoms. The summed E-state index contributed by atoms with van der Waals surface area (Å²) < 4.78 is 13.8. The van der Waals surface area contributed by atoms with Crippen LogP contribution < -0.4 is 4.90 Å². The van der Waals surface area contributed by atoms with Crippen molar-refractivity contribution in [3.05, 3.63) is 41.1 Å². The molecule has 0 bridgehead atoms. The SMILES string of the molecule is Brc1ccc(-c2nnc3c4ccccc4nc(N4CCOCC4)n23)o1. The Morgan fingerprint density at radius 1 is 1.00 bits per heavy atom. The summed E-state index contributed by atoms with van der Waals surface area (Å²) in [5.74, 6) is 2.09. The van der Waals surface area contributed by atoms with Crippen molar-refractivity contribution in [2.24, 2.45) is 0 Å². The summed E-state index contributed by atoms with van der Waals surface area (Å²) in [5.41, 5.74) is 1.67. The summed E-state index contributed by atoms with van der Waals surface area (Å²) >= 11 is 3.35. The van der Waals surface area contributed by atoms with Crippen molar-refractivity contribution >= 4 is 38.4 Å². The molecule has 1 aliphatic heterocycles. The number of morpholine rings is 1. The van der Waals surface area contributed by atoms with E-state index in [0.29, 0.717) is 29.5 Å². The van der Waals surface area contributed by atoms with Gasteiger partial charge in [0, 0.05) is 18.5 Å². The molecule has 1 aliphatic rings. The predicted octanol–water partition coefficient (Wildman–Crippen LogP) is 3.14. The third-order valence-electron chi connectivity index (χ3n) is 4.32. The fourth-order valence-electron chi connectivity index (χ4n) is 3.14. The quantitative estimate of drug-likeness (QED) is 0.515. The minimum Gasteiger partial charge on any atom is -0.446 e. The zero-order valence-corrected chi connectivity index (χ0v) is 14.8. The lowest BCUT2D eigenvalue weighted by molar-refractivity contribution is 0.122. The number of ether oxygens (including phenoxy) is 1. The predicted molar refractivity (Wildman–Crippen MR) is 96.7 cm³/mol. The molecule has 7 nitrogen and oxygen atoms in total. The van der Waals surface area contributed by atoms with Gasteiger partial charge in [-0.3, -0.25) is 0 Å². The average molecular weight is 400 g/mol. The zero-order valence-electron chi connectivity index (χ0n) is 13.2. The number of aromatic nitrogens is 4. The van der Waals surface area contributed by atoms with Gasteiger partial charge in [0.15, 0.2) is 16.1 Å². The Kier molecular flexibility index (Phi) is 3.46. The van der Waals surface area contributed by atoms with Crippen molar-refractivity contribution in [2.75, 3.05) is 31.2 Å². The first kappa shape index (κ1) is 14.9. The van der Waals surface area contributed by atoms with Gasteiger partial charge >= 0.3 is 0 Å². The van der Waals surface area contributed by atoms with E-state index < -0.39 is 0 Å². The fraction of sp³-hybridized carbons (Fsp3) is 0.235. The van der Waals surface area contributed by atoms with Crippen LogP contribution in [-0.2, 0) is 4.74 Å². The van der Waals surface area contributed by atoms with Gasteiger partial charge < -0.3 is 14.1 Å². The van der Waals surface area contributed by atoms with Gasteiger partial charge in [-0.25, -0.2) is 9.38 Å². The van der Waals surface area contributed by atoms with Crippen molar-refractivity contribution < 1.29 is 9.15 Å². The van der Waals surface area contributed by atoms with Crippen LogP contribution in [0.25, 0.3) is 28.1 Å². The molecule has 0 N–H and O–H groups in total. The number of para-hydroxylation sites is 1. The molecule has 0 atom stereocenters. The second-order valence-corrected chi connectivity index (χ2v) is 6.60. The molecule has 126 valence electrons. The Hall–Kier alpha value is -2.45. The Labute approximate surface area is 151 Å². The molecule has 0 aliphatic carbocycles. The molecule has 0 unspecified atom stereocenters. The maximum Gasteiger partial charge on any atom is 0.213 e. The molecule has 0 saturated carbocycles. The number of nitrogens with zero attached hydrogens (tertiary/aromatic N) is 5. The highest BCUT2D eigenvalue weighted by Gasteiger charge is 2.23. The fourth-order valence-corrected chi connectivity index (χ4v) is 3.44. The van der Waals surface area contributed by atoms with Crippen LogP contribution in [0.5, 0.6) is 0 Å². The molecular formula is C17H14BrN5O2. The molecule has 5 rings (SSSR count). The maximum atomic E-state index is 5.71. The topological polar surface area (TPSA) is 68.7 Å². The Morgan fingerprint density at radius 3 is 2.64 bits per heavy atom. The summed E-state index contributed by atoms with van der Waals surface area (Å²) in [6.45, 7) is 2.92. The van der Waals surface area contributed by atoms with E-state index in [1.165, 1.54) is 0 Å². The first-order chi connectivity index (χ1) is 12.3. The maximum absolute atomic E-state index is 5.71. The first-order valence-electron chi connectivity index (χ1n) is 8.03. The number of furan rings is 1. The highest BCUT2D eigenvalue weighted by atomic mass is 79.9. The summed E-state index contributed by atoms with van der Waals surface area (Å²) in [5, 5.41) is 9.77. The summed E-state index contributed by atoms with van der Waals surface area (Å²) in [6.07, 6.45) is 0. The normalized spacial score (nSPS) is 15.3. The van der Waals surface area contributed by atoms with Gasteiger partial charge in [0.25, 0.3) is 0 Å². The average Bonchev–Trinajstić information content (AvgIpc) is 3.28. The van der Waals surface area contributed by atoms with Crippen molar-refractivity contribution in [1.82, 2.24) is 19.6 Å². The van der Waals surface area contributed by atoms with Crippen molar-refractivity contribution in [2.45, 2.75) is 0 Å². The van der Waals surface area contributed by atoms with E-state index in [-0.39, 0.29) is 0 Å². The van der Waals surface area contributed by atoms with E-state index in [4.69, 9.17) is 14.1 Å². The molecule has 0 amide bonds. The first-order valence-corrected chi connectivity index (χ1v) is 8.83. The van der Waals surface area contributed by atoms with Crippen molar-refractivity contribution in [1.29, 1.82) is 0 Å². The van der Waals surface area contributed by atoms with E-state index in [1.54, 1.807) is 0 Å². The number of anilines is 1. The van der Waals surface area contributed by atoms with Crippen LogP contribution in [0.2, 0.25) is 0 Å². The number of halogens is 1. The lowest BCUT2D eigenvalue weighted by atomic mass is 10.2. The van der Waals surface area contributed by atoms with E-state index >= 15 is 0 Å². The van der Waals surface area contributed by atoms with Crippen molar-refractivity contribution in [3.8, 4) is 11.6 Å². The molecule has 8 heteroatoms. The third-order valence-corrected chi connectivity index (χ3v) is 4.74. The van der Waals surface area contributed by atoms with Gasteiger partial charge in [-0.2, -0.15) is 0 Å². The Morgan fingerprint density at radius 2 is 1.84 bits per heavy atom. The second-order valence-electron chi connectivity index (χ2n) is 5.81. The number of fused-ring (bicyclic) bond motifs is 3. The van der Waals surface area contributed by atoms with Crippen molar-refractivity contribution in [3.63, 3.8) is 0 Å². The van der Waals surface area contributed by atoms with Crippen LogP contribution in [0.4, 0.5) is 5.95 Å². The van der Waals surface area contributed by atoms with Crippen LogP contribution in [0.3, 0.4) is 0 Å². The van der Waals surface area contributed by atoms with Crippen LogP contribution >= 0.6 is 15.9 Å². The Balaban J connectivity index is 1.83. The smallest absolute Gasteiger partial charge is 0.213 e. The lowest BCUT2D eigenvalue weighted by Crippen LogP contribution is -2.38. The number of hydrogen-bond acceptors (Lipinski definition) is 6. The molecule has 4 aromatic rings. The summed E-state index contributed by atoms with van der Waals surface area (Å²) in [4.78, 5) is 7.09. The molecule has 1 fully saturated rings. The molecule has 1 saturated heterocycles. The number of benzene rings is 1. The van der Waals surface area contributed by atoms with E-state index in [1.807, 2.05) is 40.8 Å². The summed E-state index contributed by atoms with van der Waals surface area (Å²) in [6, 6.07) is 11.7. The van der Waals surface area contributed by atoms with Crippen LogP contribution in [0.15, 0.2) is 45.5 Å². The minimum atomic E-state index is 0.639. The van der Waals surface area contributed by atoms with E-state index in [0.717, 1.165) is 35.6 Å². The molecule has 3 aromatic heterocycles. The Bertz CT molecular complexity index is 1070. The monoisotopic (exact) mass is 399 g/mol. The molecule has 4 heterocycles. The van der Waals surface area contributed by atoms with Gasteiger partial charge in [-0.1, -0.05) is 12.1 Å². The molecule has 1 aromatic carbocycles. The standard InChI is InChI=1S/C17H14BrN5O2/c18-14-6-5-13(25-14)16-21-20-15-11-3-1-2-4-12(11)19-17(23(15)16)22-7-9-24-10-8-22/h1-6H,7-10H2. The highest BCUT2D eigenvalue weighted by molar-refractivity contribution is 9.10. The molecule has 0 spiro atoms. The van der Waals surface area contributed by atoms with Crippen LogP contribution in [0, 0.1) is 0 Å². The van der Waals surface area contributed by atoms with Gasteiger partial charge in [-0.05, 0) is 40.2 Å². The zero-order chi connectivity index (χ0) is 16.8. The van der Waals surface area contributed by atoms with Crippen LogP contribution in [-0.4, -0.2) is 45.9 Å². The highest BCUT2D eigenvalue weighted by Crippen LogP contribution is 2.30. The van der Waals surface area contributed by atoms with Gasteiger partial charge in [-0.15, -0.1) is 10.2 Å². The van der Waals surface area contributed by atoms with Gasteiger partial charge in [0.1, 0.15) is 0 Å². The van der Waals surface area contributed by atoms with E-state index in [2.05, 4.69) is 31.0 Å². The van der Waals surface area contributed by atoms with E-state index in [9.17, 15) is 0 Å².